The van der Waals surface area contributed by atoms with Gasteiger partial charge in [-0.1, -0.05) is 36.4 Å². The van der Waals surface area contributed by atoms with E-state index in [1.807, 2.05) is 74.7 Å². The number of aryl methyl sites for hydroxylation is 1. The molecule has 0 aliphatic rings. The molecule has 25 heavy (non-hydrogen) atoms. The molecule has 5 heteroatoms. The number of nitrogens with one attached hydrogen (secondary N) is 2. The number of anilines is 2. The molecule has 1 heterocycles. The molecule has 1 amide bonds. The van der Waals surface area contributed by atoms with Crippen LogP contribution >= 0.6 is 11.3 Å². The summed E-state index contributed by atoms with van der Waals surface area (Å²) in [7, 11) is 0. The molecule has 128 valence electrons. The Morgan fingerprint density at radius 1 is 1.12 bits per heavy atom. The summed E-state index contributed by atoms with van der Waals surface area (Å²) >= 11 is 1.55. The van der Waals surface area contributed by atoms with E-state index in [0.29, 0.717) is 5.56 Å². The maximum Gasteiger partial charge on any atom is 0.251 e. The van der Waals surface area contributed by atoms with E-state index in [1.54, 1.807) is 11.3 Å². The van der Waals surface area contributed by atoms with E-state index in [-0.39, 0.29) is 11.9 Å². The van der Waals surface area contributed by atoms with Gasteiger partial charge >= 0.3 is 0 Å². The molecule has 1 aromatic heterocycles. The zero-order valence-corrected chi connectivity index (χ0v) is 15.4. The highest BCUT2D eigenvalue weighted by Gasteiger charge is 2.11. The maximum atomic E-state index is 12.2. The summed E-state index contributed by atoms with van der Waals surface area (Å²) < 4.78 is 0. The molecule has 2 N–H and O–H groups in total. The summed E-state index contributed by atoms with van der Waals surface area (Å²) in [5.41, 5.74) is 4.64. The van der Waals surface area contributed by atoms with E-state index >= 15 is 0 Å². The number of rotatable bonds is 5. The van der Waals surface area contributed by atoms with Crippen LogP contribution in [-0.4, -0.2) is 16.9 Å². The van der Waals surface area contributed by atoms with Gasteiger partial charge in [0.05, 0.1) is 5.69 Å². The molecule has 3 rings (SSSR count). The molecular weight excluding hydrogens is 330 g/mol. The number of carbonyl (C=O) groups excluding carboxylic acids is 1. The number of carbonyl (C=O) groups is 1. The third-order valence-corrected chi connectivity index (χ3v) is 4.49. The Bertz CT molecular complexity index is 872. The minimum absolute atomic E-state index is 0.0674. The largest absolute Gasteiger partial charge is 0.350 e. The van der Waals surface area contributed by atoms with Gasteiger partial charge in [0, 0.05) is 28.2 Å². The van der Waals surface area contributed by atoms with Crippen LogP contribution in [0.5, 0.6) is 0 Å². The normalized spacial score (nSPS) is 10.7. The van der Waals surface area contributed by atoms with Gasteiger partial charge in [-0.3, -0.25) is 4.79 Å². The predicted molar refractivity (Wildman–Crippen MR) is 105 cm³/mol. The van der Waals surface area contributed by atoms with Crippen molar-refractivity contribution in [2.24, 2.45) is 0 Å². The smallest absolute Gasteiger partial charge is 0.251 e. The zero-order chi connectivity index (χ0) is 17.8. The monoisotopic (exact) mass is 351 g/mol. The number of hydrogen-bond acceptors (Lipinski definition) is 4. The van der Waals surface area contributed by atoms with Gasteiger partial charge in [-0.15, -0.1) is 11.3 Å². The van der Waals surface area contributed by atoms with Crippen LogP contribution in [0.3, 0.4) is 0 Å². The van der Waals surface area contributed by atoms with Gasteiger partial charge in [0.2, 0.25) is 0 Å². The molecule has 0 bridgehead atoms. The summed E-state index contributed by atoms with van der Waals surface area (Å²) in [6.45, 7) is 5.91. The molecule has 0 spiro atoms. The fraction of sp³-hybridized carbons (Fsp3) is 0.200. The molecule has 0 atom stereocenters. The van der Waals surface area contributed by atoms with Crippen LogP contribution < -0.4 is 10.6 Å². The average Bonchev–Trinajstić information content (AvgIpc) is 3.05. The molecule has 0 saturated carbocycles. The third-order valence-electron chi connectivity index (χ3n) is 3.73. The lowest BCUT2D eigenvalue weighted by atomic mass is 10.1. The van der Waals surface area contributed by atoms with Crippen LogP contribution in [-0.2, 0) is 0 Å². The number of thiazole rings is 1. The van der Waals surface area contributed by atoms with Gasteiger partial charge in [0.15, 0.2) is 5.13 Å². The van der Waals surface area contributed by atoms with Crippen molar-refractivity contribution in [1.82, 2.24) is 10.3 Å². The number of hydrogen-bond donors (Lipinski definition) is 2. The predicted octanol–water partition coefficient (Wildman–Crippen LogP) is 5.00. The molecular formula is C20H21N3OS. The van der Waals surface area contributed by atoms with Crippen molar-refractivity contribution in [3.63, 3.8) is 0 Å². The van der Waals surface area contributed by atoms with Crippen molar-refractivity contribution in [2.45, 2.75) is 26.8 Å². The van der Waals surface area contributed by atoms with E-state index in [2.05, 4.69) is 15.6 Å². The number of benzene rings is 2. The fourth-order valence-corrected chi connectivity index (χ4v) is 3.16. The highest BCUT2D eigenvalue weighted by atomic mass is 32.1. The summed E-state index contributed by atoms with van der Waals surface area (Å²) in [5, 5.41) is 9.09. The molecule has 2 aromatic carbocycles. The van der Waals surface area contributed by atoms with Crippen LogP contribution in [0.2, 0.25) is 0 Å². The standard InChI is InChI=1S/C20H21N3OS/c1-13(2)21-19(24)16-10-9-14(3)17(11-16)22-20-23-18(12-25-20)15-7-5-4-6-8-15/h4-13H,1-3H3,(H,21,24)(H,22,23). The molecule has 0 unspecified atom stereocenters. The van der Waals surface area contributed by atoms with Crippen LogP contribution in [0.1, 0.15) is 29.8 Å². The summed E-state index contributed by atoms with van der Waals surface area (Å²) in [6, 6.07) is 15.9. The highest BCUT2D eigenvalue weighted by molar-refractivity contribution is 7.14. The number of aromatic nitrogens is 1. The van der Waals surface area contributed by atoms with Gasteiger partial charge < -0.3 is 10.6 Å². The molecule has 0 radical (unpaired) electrons. The minimum Gasteiger partial charge on any atom is -0.350 e. The van der Waals surface area contributed by atoms with E-state index in [0.717, 1.165) is 27.6 Å². The first kappa shape index (κ1) is 17.2. The molecule has 0 aliphatic carbocycles. The summed E-state index contributed by atoms with van der Waals surface area (Å²) in [5.74, 6) is -0.0674. The molecule has 0 saturated heterocycles. The van der Waals surface area contributed by atoms with Crippen LogP contribution in [0.15, 0.2) is 53.9 Å². The van der Waals surface area contributed by atoms with Crippen molar-refractivity contribution in [3.8, 4) is 11.3 Å². The lowest BCUT2D eigenvalue weighted by molar-refractivity contribution is 0.0943. The molecule has 3 aromatic rings. The number of amides is 1. The van der Waals surface area contributed by atoms with Gasteiger partial charge in [-0.25, -0.2) is 4.98 Å². The van der Waals surface area contributed by atoms with Crippen LogP contribution in [0.4, 0.5) is 10.8 Å². The van der Waals surface area contributed by atoms with E-state index in [1.165, 1.54) is 0 Å². The van der Waals surface area contributed by atoms with Gasteiger partial charge in [0.25, 0.3) is 5.91 Å². The van der Waals surface area contributed by atoms with E-state index in [4.69, 9.17) is 0 Å². The fourth-order valence-electron chi connectivity index (χ4n) is 2.43. The Labute approximate surface area is 151 Å². The summed E-state index contributed by atoms with van der Waals surface area (Å²) in [4.78, 5) is 16.9. The lowest BCUT2D eigenvalue weighted by Gasteiger charge is -2.11. The topological polar surface area (TPSA) is 54.0 Å². The second-order valence-corrected chi connectivity index (χ2v) is 7.04. The zero-order valence-electron chi connectivity index (χ0n) is 14.5. The Kier molecular flexibility index (Phi) is 5.14. The van der Waals surface area contributed by atoms with Crippen LogP contribution in [0.25, 0.3) is 11.3 Å². The Morgan fingerprint density at radius 3 is 2.60 bits per heavy atom. The van der Waals surface area contributed by atoms with Crippen molar-refractivity contribution < 1.29 is 4.79 Å². The quantitative estimate of drug-likeness (QED) is 0.680. The Hall–Kier alpha value is -2.66. The lowest BCUT2D eigenvalue weighted by Crippen LogP contribution is -2.30. The van der Waals surface area contributed by atoms with Crippen molar-refractivity contribution in [2.75, 3.05) is 5.32 Å². The average molecular weight is 351 g/mol. The van der Waals surface area contributed by atoms with Crippen molar-refractivity contribution >= 4 is 28.1 Å². The molecule has 0 aliphatic heterocycles. The SMILES string of the molecule is Cc1ccc(C(=O)NC(C)C)cc1Nc1nc(-c2ccccc2)cs1. The maximum absolute atomic E-state index is 12.2. The third kappa shape index (κ3) is 4.25. The van der Waals surface area contributed by atoms with Crippen molar-refractivity contribution in [1.29, 1.82) is 0 Å². The summed E-state index contributed by atoms with van der Waals surface area (Å²) in [6.07, 6.45) is 0. The number of nitrogens with zero attached hydrogens (tertiary/aromatic N) is 1. The van der Waals surface area contributed by atoms with Crippen LogP contribution in [0, 0.1) is 6.92 Å². The van der Waals surface area contributed by atoms with Gasteiger partial charge in [-0.05, 0) is 38.5 Å². The minimum atomic E-state index is -0.0674. The Balaban J connectivity index is 1.81. The second kappa shape index (κ2) is 7.49. The molecule has 0 fully saturated rings. The first-order valence-corrected chi connectivity index (χ1v) is 9.10. The van der Waals surface area contributed by atoms with Gasteiger partial charge in [-0.2, -0.15) is 0 Å². The van der Waals surface area contributed by atoms with E-state index < -0.39 is 0 Å². The second-order valence-electron chi connectivity index (χ2n) is 6.19. The first-order chi connectivity index (χ1) is 12.0. The van der Waals surface area contributed by atoms with Crippen molar-refractivity contribution in [3.05, 3.63) is 65.0 Å². The van der Waals surface area contributed by atoms with Gasteiger partial charge in [0.1, 0.15) is 0 Å². The van der Waals surface area contributed by atoms with E-state index in [9.17, 15) is 4.79 Å². The first-order valence-electron chi connectivity index (χ1n) is 8.22. The Morgan fingerprint density at radius 2 is 1.88 bits per heavy atom. The molecule has 4 nitrogen and oxygen atoms in total. The highest BCUT2D eigenvalue weighted by Crippen LogP contribution is 2.28.